The third-order valence-corrected chi connectivity index (χ3v) is 4.85. The lowest BCUT2D eigenvalue weighted by Crippen LogP contribution is -2.38. The standard InChI is InChI=1S/C18H29N/c1-15(2)19-13-8-12-18(3,4)17(11-14-19)16-9-6-5-7-10-16/h5-7,9-10,15,17H,8,11-14H2,1-4H3. The molecule has 0 N–H and O–H groups in total. The number of likely N-dealkylation sites (tertiary alicyclic amines) is 1. The van der Waals surface area contributed by atoms with Crippen LogP contribution in [0.5, 0.6) is 0 Å². The van der Waals surface area contributed by atoms with E-state index in [1.54, 1.807) is 0 Å². The maximum Gasteiger partial charge on any atom is 0.00385 e. The summed E-state index contributed by atoms with van der Waals surface area (Å²) in [4.78, 5) is 2.64. The van der Waals surface area contributed by atoms with Crippen LogP contribution in [0.25, 0.3) is 0 Å². The molecule has 106 valence electrons. The van der Waals surface area contributed by atoms with Gasteiger partial charge in [0.15, 0.2) is 0 Å². The molecule has 0 aliphatic carbocycles. The molecule has 19 heavy (non-hydrogen) atoms. The summed E-state index contributed by atoms with van der Waals surface area (Å²) in [5.41, 5.74) is 1.95. The zero-order chi connectivity index (χ0) is 13.9. The molecule has 0 spiro atoms. The minimum absolute atomic E-state index is 0.421. The first-order valence-electron chi connectivity index (χ1n) is 7.80. The highest BCUT2D eigenvalue weighted by molar-refractivity contribution is 5.22. The summed E-state index contributed by atoms with van der Waals surface area (Å²) >= 11 is 0. The van der Waals surface area contributed by atoms with Crippen LogP contribution < -0.4 is 0 Å². The molecule has 1 heterocycles. The van der Waals surface area contributed by atoms with Crippen molar-refractivity contribution in [2.45, 2.75) is 58.9 Å². The smallest absolute Gasteiger partial charge is 0.00385 e. The SMILES string of the molecule is CC(C)N1CCCC(C)(C)C(c2ccccc2)CC1. The first-order chi connectivity index (χ1) is 9.00. The average Bonchev–Trinajstić information content (AvgIpc) is 2.35. The lowest BCUT2D eigenvalue weighted by Gasteiger charge is -2.40. The molecule has 1 aromatic rings. The fourth-order valence-corrected chi connectivity index (χ4v) is 3.53. The van der Waals surface area contributed by atoms with E-state index in [1.807, 2.05) is 0 Å². The van der Waals surface area contributed by atoms with Gasteiger partial charge in [0.05, 0.1) is 0 Å². The summed E-state index contributed by atoms with van der Waals surface area (Å²) in [6.45, 7) is 12.1. The predicted octanol–water partition coefficient (Wildman–Crippen LogP) is 4.69. The zero-order valence-electron chi connectivity index (χ0n) is 13.0. The Morgan fingerprint density at radius 1 is 1.11 bits per heavy atom. The van der Waals surface area contributed by atoms with Crippen LogP contribution in [0.3, 0.4) is 0 Å². The van der Waals surface area contributed by atoms with E-state index in [2.05, 4.69) is 62.9 Å². The van der Waals surface area contributed by atoms with Crippen LogP contribution in [0.1, 0.15) is 58.4 Å². The highest BCUT2D eigenvalue weighted by Crippen LogP contribution is 2.42. The molecule has 1 saturated heterocycles. The number of hydrogen-bond acceptors (Lipinski definition) is 1. The van der Waals surface area contributed by atoms with E-state index >= 15 is 0 Å². The van der Waals surface area contributed by atoms with Crippen LogP contribution in [0.4, 0.5) is 0 Å². The lowest BCUT2D eigenvalue weighted by molar-refractivity contribution is 0.139. The van der Waals surface area contributed by atoms with E-state index < -0.39 is 0 Å². The highest BCUT2D eigenvalue weighted by atomic mass is 15.1. The van der Waals surface area contributed by atoms with E-state index in [-0.39, 0.29) is 0 Å². The highest BCUT2D eigenvalue weighted by Gasteiger charge is 2.32. The number of hydrogen-bond donors (Lipinski definition) is 0. The summed E-state index contributed by atoms with van der Waals surface area (Å²) in [5.74, 6) is 0.690. The maximum atomic E-state index is 2.64. The molecule has 1 heteroatoms. The first-order valence-corrected chi connectivity index (χ1v) is 7.80. The second-order valence-corrected chi connectivity index (χ2v) is 6.97. The van der Waals surface area contributed by atoms with Crippen molar-refractivity contribution in [3.05, 3.63) is 35.9 Å². The van der Waals surface area contributed by atoms with Crippen LogP contribution in [-0.2, 0) is 0 Å². The van der Waals surface area contributed by atoms with Crippen LogP contribution >= 0.6 is 0 Å². The van der Waals surface area contributed by atoms with E-state index in [1.165, 1.54) is 37.9 Å². The molecule has 2 rings (SSSR count). The Labute approximate surface area is 119 Å². The van der Waals surface area contributed by atoms with Gasteiger partial charge in [-0.25, -0.2) is 0 Å². The van der Waals surface area contributed by atoms with Gasteiger partial charge in [0, 0.05) is 6.04 Å². The lowest BCUT2D eigenvalue weighted by atomic mass is 9.70. The van der Waals surface area contributed by atoms with Gasteiger partial charge in [0.25, 0.3) is 0 Å². The molecule has 1 aliphatic rings. The minimum atomic E-state index is 0.421. The zero-order valence-corrected chi connectivity index (χ0v) is 13.0. The van der Waals surface area contributed by atoms with Gasteiger partial charge in [0.1, 0.15) is 0 Å². The normalized spacial score (nSPS) is 25.0. The van der Waals surface area contributed by atoms with E-state index in [0.717, 1.165) is 0 Å². The van der Waals surface area contributed by atoms with Crippen LogP contribution in [-0.4, -0.2) is 24.0 Å². The Balaban J connectivity index is 2.18. The summed E-state index contributed by atoms with van der Waals surface area (Å²) in [6, 6.07) is 11.8. The molecule has 1 fully saturated rings. The largest absolute Gasteiger partial charge is 0.301 e. The molecule has 0 radical (unpaired) electrons. The fourth-order valence-electron chi connectivity index (χ4n) is 3.53. The Morgan fingerprint density at radius 2 is 1.79 bits per heavy atom. The van der Waals surface area contributed by atoms with Crippen molar-refractivity contribution in [3.63, 3.8) is 0 Å². The van der Waals surface area contributed by atoms with E-state index in [9.17, 15) is 0 Å². The third-order valence-electron chi connectivity index (χ3n) is 4.85. The van der Waals surface area contributed by atoms with Gasteiger partial charge in [-0.3, -0.25) is 0 Å². The van der Waals surface area contributed by atoms with Crippen LogP contribution in [0.15, 0.2) is 30.3 Å². The van der Waals surface area contributed by atoms with Crippen molar-refractivity contribution in [3.8, 4) is 0 Å². The van der Waals surface area contributed by atoms with Gasteiger partial charge in [-0.05, 0) is 63.1 Å². The van der Waals surface area contributed by atoms with Crippen molar-refractivity contribution in [2.75, 3.05) is 13.1 Å². The van der Waals surface area contributed by atoms with Crippen molar-refractivity contribution < 1.29 is 0 Å². The summed E-state index contributed by atoms with van der Waals surface area (Å²) in [7, 11) is 0. The minimum Gasteiger partial charge on any atom is -0.301 e. The summed E-state index contributed by atoms with van der Waals surface area (Å²) in [5, 5.41) is 0. The van der Waals surface area contributed by atoms with Crippen LogP contribution in [0, 0.1) is 5.41 Å². The molecule has 0 saturated carbocycles. The number of nitrogens with zero attached hydrogens (tertiary/aromatic N) is 1. The molecule has 0 aromatic heterocycles. The van der Waals surface area contributed by atoms with Gasteiger partial charge in [-0.2, -0.15) is 0 Å². The van der Waals surface area contributed by atoms with E-state index in [4.69, 9.17) is 0 Å². The second-order valence-electron chi connectivity index (χ2n) is 6.97. The van der Waals surface area contributed by atoms with E-state index in [0.29, 0.717) is 17.4 Å². The molecule has 1 aliphatic heterocycles. The maximum absolute atomic E-state index is 2.64. The quantitative estimate of drug-likeness (QED) is 0.744. The first kappa shape index (κ1) is 14.6. The Kier molecular flexibility index (Phi) is 4.67. The molecule has 1 unspecified atom stereocenters. The van der Waals surface area contributed by atoms with Gasteiger partial charge >= 0.3 is 0 Å². The van der Waals surface area contributed by atoms with Crippen molar-refractivity contribution >= 4 is 0 Å². The molecule has 1 nitrogen and oxygen atoms in total. The van der Waals surface area contributed by atoms with Crippen molar-refractivity contribution in [1.29, 1.82) is 0 Å². The van der Waals surface area contributed by atoms with Gasteiger partial charge in [-0.1, -0.05) is 44.2 Å². The Morgan fingerprint density at radius 3 is 2.42 bits per heavy atom. The topological polar surface area (TPSA) is 3.24 Å². The number of benzene rings is 1. The summed E-state index contributed by atoms with van der Waals surface area (Å²) < 4.78 is 0. The van der Waals surface area contributed by atoms with Crippen molar-refractivity contribution in [2.24, 2.45) is 5.41 Å². The predicted molar refractivity (Wildman–Crippen MR) is 83.5 cm³/mol. The Hall–Kier alpha value is -0.820. The van der Waals surface area contributed by atoms with Crippen LogP contribution in [0.2, 0.25) is 0 Å². The molecular formula is C18H29N. The van der Waals surface area contributed by atoms with Gasteiger partial charge < -0.3 is 4.90 Å². The molecular weight excluding hydrogens is 230 g/mol. The molecule has 1 aromatic carbocycles. The van der Waals surface area contributed by atoms with Crippen molar-refractivity contribution in [1.82, 2.24) is 4.90 Å². The Bertz CT molecular complexity index is 380. The third kappa shape index (κ3) is 3.60. The average molecular weight is 259 g/mol. The second kappa shape index (κ2) is 6.09. The summed E-state index contributed by atoms with van der Waals surface area (Å²) in [6.07, 6.45) is 3.94. The fraction of sp³-hybridized carbons (Fsp3) is 0.667. The monoisotopic (exact) mass is 259 g/mol. The molecule has 1 atom stereocenters. The molecule has 0 amide bonds. The number of rotatable bonds is 2. The molecule has 0 bridgehead atoms. The van der Waals surface area contributed by atoms with Gasteiger partial charge in [0.2, 0.25) is 0 Å². The van der Waals surface area contributed by atoms with Gasteiger partial charge in [-0.15, -0.1) is 0 Å².